The molecule has 0 radical (unpaired) electrons. The fraction of sp³-hybridized carbons (Fsp3) is 0.476. The van der Waals surface area contributed by atoms with E-state index < -0.39 is 23.7 Å². The van der Waals surface area contributed by atoms with Gasteiger partial charge >= 0.3 is 17.8 Å². The van der Waals surface area contributed by atoms with E-state index in [-0.39, 0.29) is 0 Å². The van der Waals surface area contributed by atoms with Gasteiger partial charge < -0.3 is 19.8 Å². The van der Waals surface area contributed by atoms with Gasteiger partial charge in [0, 0.05) is 50.5 Å². The average molecular weight is 385 g/mol. The Kier molecular flexibility index (Phi) is 6.02. The van der Waals surface area contributed by atoms with Crippen LogP contribution in [-0.4, -0.2) is 72.0 Å². The van der Waals surface area contributed by atoms with Gasteiger partial charge in [-0.1, -0.05) is 24.8 Å². The molecule has 2 aliphatic heterocycles. The Morgan fingerprint density at radius 2 is 1.46 bits per heavy atom. The molecule has 0 bridgehead atoms. The Labute approximate surface area is 165 Å². The number of nitrogens with zero attached hydrogens (tertiary/aromatic N) is 3. The van der Waals surface area contributed by atoms with Crippen LogP contribution in [0.5, 0.6) is 0 Å². The molecule has 0 aliphatic carbocycles. The van der Waals surface area contributed by atoms with E-state index in [1.807, 2.05) is 25.1 Å². The van der Waals surface area contributed by atoms with Crippen LogP contribution in [0.1, 0.15) is 25.3 Å². The number of rotatable bonds is 3. The number of amides is 2. The maximum Gasteiger partial charge on any atom is 0.312 e. The highest BCUT2D eigenvalue weighted by molar-refractivity contribution is 6.35. The van der Waals surface area contributed by atoms with Gasteiger partial charge in [-0.2, -0.15) is 0 Å². The third-order valence-corrected chi connectivity index (χ3v) is 5.59. The Morgan fingerprint density at radius 3 is 2.00 bits per heavy atom. The predicted molar refractivity (Wildman–Crippen MR) is 107 cm³/mol. The summed E-state index contributed by atoms with van der Waals surface area (Å²) >= 11 is 0. The second kappa shape index (κ2) is 8.46. The number of carbonyl (C=O) groups is 3. The summed E-state index contributed by atoms with van der Waals surface area (Å²) in [5.41, 5.74) is 3.19. The molecule has 0 unspecified atom stereocenters. The number of aliphatic carboxylic acids is 1. The summed E-state index contributed by atoms with van der Waals surface area (Å²) in [6.45, 7) is 8.96. The van der Waals surface area contributed by atoms with Gasteiger partial charge in [-0.25, -0.2) is 0 Å². The smallest absolute Gasteiger partial charge is 0.312 e. The predicted octanol–water partition coefficient (Wildman–Crippen LogP) is 1.69. The average Bonchev–Trinajstić information content (AvgIpc) is 2.73. The number of piperazine rings is 1. The summed E-state index contributed by atoms with van der Waals surface area (Å²) in [4.78, 5) is 41.5. The first-order chi connectivity index (χ1) is 13.4. The van der Waals surface area contributed by atoms with Crippen LogP contribution in [0.2, 0.25) is 0 Å². The highest BCUT2D eigenvalue weighted by Crippen LogP contribution is 2.27. The summed E-state index contributed by atoms with van der Waals surface area (Å²) in [5.74, 6) is -2.25. The van der Waals surface area contributed by atoms with E-state index in [2.05, 4.69) is 17.5 Å². The van der Waals surface area contributed by atoms with Gasteiger partial charge in [-0.15, -0.1) is 0 Å². The lowest BCUT2D eigenvalue weighted by atomic mass is 9.97. The molecule has 0 aromatic heterocycles. The van der Waals surface area contributed by atoms with Gasteiger partial charge in [0.15, 0.2) is 0 Å². The first kappa shape index (κ1) is 19.9. The lowest BCUT2D eigenvalue weighted by Crippen LogP contribution is -2.54. The van der Waals surface area contributed by atoms with Gasteiger partial charge in [-0.05, 0) is 31.4 Å². The first-order valence-electron chi connectivity index (χ1n) is 9.69. The summed E-state index contributed by atoms with van der Waals surface area (Å²) in [5, 5.41) is 9.06. The summed E-state index contributed by atoms with van der Waals surface area (Å²) in [6.07, 6.45) is 0.805. The van der Waals surface area contributed by atoms with E-state index in [9.17, 15) is 14.4 Å². The monoisotopic (exact) mass is 385 g/mol. The van der Waals surface area contributed by atoms with E-state index in [1.165, 1.54) is 4.90 Å². The van der Waals surface area contributed by atoms with Gasteiger partial charge in [0.2, 0.25) is 0 Å². The van der Waals surface area contributed by atoms with Crippen molar-refractivity contribution >= 4 is 29.0 Å². The first-order valence-corrected chi connectivity index (χ1v) is 9.69. The van der Waals surface area contributed by atoms with Crippen molar-refractivity contribution in [2.75, 3.05) is 44.2 Å². The molecule has 150 valence electrons. The normalized spacial score (nSPS) is 18.1. The minimum absolute atomic E-state index is 0.327. The molecule has 2 heterocycles. The van der Waals surface area contributed by atoms with Crippen molar-refractivity contribution in [2.45, 2.75) is 19.8 Å². The number of anilines is 1. The number of carboxylic acid groups (broad SMARTS) is 1. The third kappa shape index (κ3) is 4.18. The molecule has 1 aromatic rings. The van der Waals surface area contributed by atoms with Gasteiger partial charge in [-0.3, -0.25) is 14.4 Å². The number of carbonyl (C=O) groups excluding carboxylic acids is 2. The SMILES string of the molecule is C=C(C)c1ccccc1N1CCN(C(=O)C(=O)N2CCC(C(=O)O)CC2)CC1. The number of likely N-dealkylation sites (tertiary alicyclic amines) is 1. The molecule has 1 aromatic carbocycles. The lowest BCUT2D eigenvalue weighted by Gasteiger charge is -2.38. The van der Waals surface area contributed by atoms with Crippen LogP contribution in [0.15, 0.2) is 30.8 Å². The molecule has 28 heavy (non-hydrogen) atoms. The Bertz CT molecular complexity index is 776. The maximum atomic E-state index is 12.6. The Hall–Kier alpha value is -2.83. The zero-order valence-electron chi connectivity index (χ0n) is 16.3. The second-order valence-corrected chi connectivity index (χ2v) is 7.48. The quantitative estimate of drug-likeness (QED) is 0.801. The highest BCUT2D eigenvalue weighted by Gasteiger charge is 2.33. The summed E-state index contributed by atoms with van der Waals surface area (Å²) in [7, 11) is 0. The van der Waals surface area contributed by atoms with Crippen molar-refractivity contribution in [3.63, 3.8) is 0 Å². The number of benzene rings is 1. The van der Waals surface area contributed by atoms with Crippen molar-refractivity contribution in [3.05, 3.63) is 36.4 Å². The van der Waals surface area contributed by atoms with Crippen molar-refractivity contribution in [2.24, 2.45) is 5.92 Å². The zero-order valence-corrected chi connectivity index (χ0v) is 16.3. The molecule has 2 fully saturated rings. The Morgan fingerprint density at radius 1 is 0.929 bits per heavy atom. The van der Waals surface area contributed by atoms with Crippen LogP contribution in [0, 0.1) is 5.92 Å². The molecule has 2 saturated heterocycles. The topological polar surface area (TPSA) is 81.2 Å². The third-order valence-electron chi connectivity index (χ3n) is 5.59. The fourth-order valence-corrected chi connectivity index (χ4v) is 3.86. The molecule has 2 amide bonds. The summed E-state index contributed by atoms with van der Waals surface area (Å²) in [6, 6.07) is 8.07. The minimum Gasteiger partial charge on any atom is -0.481 e. The van der Waals surface area contributed by atoms with Gasteiger partial charge in [0.1, 0.15) is 0 Å². The van der Waals surface area contributed by atoms with Crippen LogP contribution >= 0.6 is 0 Å². The van der Waals surface area contributed by atoms with E-state index in [0.29, 0.717) is 52.1 Å². The van der Waals surface area contributed by atoms with Gasteiger partial charge in [0.25, 0.3) is 0 Å². The molecule has 7 nitrogen and oxygen atoms in total. The summed E-state index contributed by atoms with van der Waals surface area (Å²) < 4.78 is 0. The number of hydrogen-bond donors (Lipinski definition) is 1. The molecule has 3 rings (SSSR count). The van der Waals surface area contributed by atoms with Crippen molar-refractivity contribution in [3.8, 4) is 0 Å². The van der Waals surface area contributed by atoms with E-state index in [1.54, 1.807) is 4.90 Å². The largest absolute Gasteiger partial charge is 0.481 e. The van der Waals surface area contributed by atoms with Crippen molar-refractivity contribution < 1.29 is 19.5 Å². The zero-order chi connectivity index (χ0) is 20.3. The number of carboxylic acids is 1. The van der Waals surface area contributed by atoms with Crippen LogP contribution < -0.4 is 4.90 Å². The fourth-order valence-electron chi connectivity index (χ4n) is 3.86. The van der Waals surface area contributed by atoms with Crippen LogP contribution in [0.4, 0.5) is 5.69 Å². The second-order valence-electron chi connectivity index (χ2n) is 7.48. The van der Waals surface area contributed by atoms with Crippen molar-refractivity contribution in [1.82, 2.24) is 9.80 Å². The standard InChI is InChI=1S/C21H27N3O4/c1-15(2)17-5-3-4-6-18(17)22-11-13-24(14-12-22)20(26)19(25)23-9-7-16(8-10-23)21(27)28/h3-6,16H,1,7-14H2,2H3,(H,27,28). The molecule has 2 aliphatic rings. The van der Waals surface area contributed by atoms with E-state index in [0.717, 1.165) is 16.8 Å². The van der Waals surface area contributed by atoms with Crippen molar-refractivity contribution in [1.29, 1.82) is 0 Å². The molecule has 7 heteroatoms. The maximum absolute atomic E-state index is 12.6. The molecule has 0 spiro atoms. The van der Waals surface area contributed by atoms with Crippen LogP contribution in [0.25, 0.3) is 5.57 Å². The van der Waals surface area contributed by atoms with Crippen LogP contribution in [-0.2, 0) is 14.4 Å². The number of hydrogen-bond acceptors (Lipinski definition) is 4. The van der Waals surface area contributed by atoms with Gasteiger partial charge in [0.05, 0.1) is 5.92 Å². The Balaban J connectivity index is 1.56. The molecule has 0 atom stereocenters. The number of para-hydroxylation sites is 1. The molecule has 1 N–H and O–H groups in total. The number of piperidine rings is 1. The molecular formula is C21H27N3O4. The lowest BCUT2D eigenvalue weighted by molar-refractivity contribution is -0.154. The van der Waals surface area contributed by atoms with Crippen LogP contribution in [0.3, 0.4) is 0 Å². The molecule has 0 saturated carbocycles. The number of allylic oxidation sites excluding steroid dienone is 1. The molecular weight excluding hydrogens is 358 g/mol. The highest BCUT2D eigenvalue weighted by atomic mass is 16.4. The van der Waals surface area contributed by atoms with E-state index in [4.69, 9.17) is 5.11 Å². The minimum atomic E-state index is -0.829. The van der Waals surface area contributed by atoms with E-state index >= 15 is 0 Å².